The second kappa shape index (κ2) is 9.24. The smallest absolute Gasteiger partial charge is 0.316 e. The molecule has 0 unspecified atom stereocenters. The Balaban J connectivity index is 1.78. The molecule has 3 rings (SSSR count). The van der Waals surface area contributed by atoms with Gasteiger partial charge in [0.15, 0.2) is 10.4 Å². The number of carbonyl (C=O) groups excluding carboxylic acids is 2. The van der Waals surface area contributed by atoms with Crippen molar-refractivity contribution in [3.8, 4) is 5.75 Å². The predicted molar refractivity (Wildman–Crippen MR) is 123 cm³/mol. The van der Waals surface area contributed by atoms with Gasteiger partial charge in [-0.25, -0.2) is 8.42 Å². The minimum atomic E-state index is -3.65. The zero-order chi connectivity index (χ0) is 23.7. The molecule has 2 heterocycles. The molecule has 1 amide bonds. The van der Waals surface area contributed by atoms with Gasteiger partial charge < -0.3 is 9.47 Å². The van der Waals surface area contributed by atoms with Crippen molar-refractivity contribution in [2.24, 2.45) is 0 Å². The SMILES string of the molecule is COC(=O)CSc1nnc(NC(=O)[C@H]2CN(S(C)(=O)=O)c3cc(C(C)(C)C)ccc3O2)s1. The molecule has 1 aromatic carbocycles. The van der Waals surface area contributed by atoms with Crippen LogP contribution < -0.4 is 14.4 Å². The van der Waals surface area contributed by atoms with Gasteiger partial charge in [0, 0.05) is 0 Å². The Morgan fingerprint density at radius 3 is 2.69 bits per heavy atom. The Labute approximate surface area is 194 Å². The maximum absolute atomic E-state index is 12.8. The van der Waals surface area contributed by atoms with E-state index in [-0.39, 0.29) is 22.8 Å². The number of ether oxygens (including phenoxy) is 2. The number of benzene rings is 1. The number of methoxy groups -OCH3 is 1. The lowest BCUT2D eigenvalue weighted by Crippen LogP contribution is -2.48. The van der Waals surface area contributed by atoms with Crippen molar-refractivity contribution in [2.75, 3.05) is 35.3 Å². The third-order valence-corrected chi connectivity index (χ3v) is 7.66. The predicted octanol–water partition coefficient (Wildman–Crippen LogP) is 2.27. The summed E-state index contributed by atoms with van der Waals surface area (Å²) in [6.07, 6.45) is 0.0175. The summed E-state index contributed by atoms with van der Waals surface area (Å²) >= 11 is 2.22. The molecule has 0 saturated carbocycles. The first-order valence-corrected chi connectivity index (χ1v) is 13.2. The number of nitrogens with one attached hydrogen (secondary N) is 1. The lowest BCUT2D eigenvalue weighted by atomic mass is 9.86. The average molecular weight is 501 g/mol. The summed E-state index contributed by atoms with van der Waals surface area (Å²) in [5.41, 5.74) is 1.16. The quantitative estimate of drug-likeness (QED) is 0.361. The van der Waals surface area contributed by atoms with Crippen LogP contribution in [0.25, 0.3) is 0 Å². The standard InChI is InChI=1S/C19H24N4O6S3/c1-19(2,3)11-6-7-13-12(8-11)23(32(5,26)27)9-14(29-13)16(25)20-17-21-22-18(31-17)30-10-15(24)28-4/h6-8,14H,9-10H2,1-5H3,(H,20,21,25)/t14-/m1/s1. The minimum absolute atomic E-state index is 0.0709. The van der Waals surface area contributed by atoms with Gasteiger partial charge in [0.25, 0.3) is 5.91 Å². The van der Waals surface area contributed by atoms with Crippen LogP contribution in [-0.2, 0) is 29.8 Å². The van der Waals surface area contributed by atoms with Crippen LogP contribution in [0.3, 0.4) is 0 Å². The number of amides is 1. The van der Waals surface area contributed by atoms with Gasteiger partial charge in [-0.1, -0.05) is 49.9 Å². The number of esters is 1. The third kappa shape index (κ3) is 5.70. The molecule has 1 N–H and O–H groups in total. The highest BCUT2D eigenvalue weighted by atomic mass is 32.2. The topological polar surface area (TPSA) is 128 Å². The fourth-order valence-corrected chi connectivity index (χ4v) is 5.35. The lowest BCUT2D eigenvalue weighted by molar-refractivity contribution is -0.137. The molecule has 0 saturated heterocycles. The summed E-state index contributed by atoms with van der Waals surface area (Å²) < 4.78 is 37.0. The van der Waals surface area contributed by atoms with Gasteiger partial charge in [0.05, 0.1) is 31.4 Å². The molecule has 1 atom stereocenters. The summed E-state index contributed by atoms with van der Waals surface area (Å²) in [5, 5.41) is 10.6. The normalized spacial score (nSPS) is 16.2. The summed E-state index contributed by atoms with van der Waals surface area (Å²) in [6.45, 7) is 5.91. The van der Waals surface area contributed by atoms with E-state index >= 15 is 0 Å². The van der Waals surface area contributed by atoms with E-state index in [1.165, 1.54) is 11.4 Å². The number of anilines is 2. The van der Waals surface area contributed by atoms with E-state index in [9.17, 15) is 18.0 Å². The van der Waals surface area contributed by atoms with Crippen molar-refractivity contribution in [1.29, 1.82) is 0 Å². The zero-order valence-corrected chi connectivity index (χ0v) is 20.7. The number of fused-ring (bicyclic) bond motifs is 1. The van der Waals surface area contributed by atoms with Crippen molar-refractivity contribution in [3.63, 3.8) is 0 Å². The first-order chi connectivity index (χ1) is 14.9. The van der Waals surface area contributed by atoms with Gasteiger partial charge in [0.1, 0.15) is 5.75 Å². The number of aromatic nitrogens is 2. The van der Waals surface area contributed by atoms with Gasteiger partial charge in [-0.15, -0.1) is 10.2 Å². The van der Waals surface area contributed by atoms with Crippen molar-refractivity contribution in [3.05, 3.63) is 23.8 Å². The molecular weight excluding hydrogens is 476 g/mol. The number of hydrogen-bond donors (Lipinski definition) is 1. The first-order valence-electron chi connectivity index (χ1n) is 9.51. The van der Waals surface area contributed by atoms with Gasteiger partial charge in [-0.2, -0.15) is 0 Å². The molecule has 0 fully saturated rings. The zero-order valence-electron chi connectivity index (χ0n) is 18.2. The molecule has 13 heteroatoms. The van der Waals surface area contributed by atoms with Crippen LogP contribution in [0.1, 0.15) is 26.3 Å². The second-order valence-corrected chi connectivity index (χ2v) is 12.2. The van der Waals surface area contributed by atoms with Crippen LogP contribution in [0.2, 0.25) is 0 Å². The Kier molecular flexibility index (Phi) is 7.00. The number of rotatable bonds is 6. The van der Waals surface area contributed by atoms with Crippen LogP contribution >= 0.6 is 23.1 Å². The van der Waals surface area contributed by atoms with E-state index in [0.717, 1.165) is 34.9 Å². The maximum atomic E-state index is 12.8. The van der Waals surface area contributed by atoms with Gasteiger partial charge in [0.2, 0.25) is 15.2 Å². The molecule has 1 aliphatic rings. The van der Waals surface area contributed by atoms with Gasteiger partial charge >= 0.3 is 5.97 Å². The summed E-state index contributed by atoms with van der Waals surface area (Å²) in [5.74, 6) is -0.576. The monoisotopic (exact) mass is 500 g/mol. The highest BCUT2D eigenvalue weighted by Crippen LogP contribution is 2.38. The summed E-state index contributed by atoms with van der Waals surface area (Å²) in [7, 11) is -2.36. The molecular formula is C19H24N4O6S3. The molecule has 174 valence electrons. The van der Waals surface area contributed by atoms with E-state index in [1.807, 2.05) is 26.8 Å². The Morgan fingerprint density at radius 1 is 1.34 bits per heavy atom. The van der Waals surface area contributed by atoms with Crippen molar-refractivity contribution in [2.45, 2.75) is 36.6 Å². The molecule has 1 aromatic heterocycles. The lowest BCUT2D eigenvalue weighted by Gasteiger charge is -2.35. The summed E-state index contributed by atoms with van der Waals surface area (Å²) in [6, 6.07) is 5.31. The number of nitrogens with zero attached hydrogens (tertiary/aromatic N) is 3. The molecule has 0 aliphatic carbocycles. The van der Waals surface area contributed by atoms with Crippen LogP contribution in [-0.4, -0.2) is 62.3 Å². The van der Waals surface area contributed by atoms with Gasteiger partial charge in [-0.3, -0.25) is 19.2 Å². The highest BCUT2D eigenvalue weighted by Gasteiger charge is 2.36. The Hall–Kier alpha value is -2.38. The molecule has 10 nitrogen and oxygen atoms in total. The third-order valence-electron chi connectivity index (χ3n) is 4.57. The number of carbonyl (C=O) groups is 2. The Bertz CT molecular complexity index is 1130. The van der Waals surface area contributed by atoms with Crippen molar-refractivity contribution >= 4 is 55.8 Å². The minimum Gasteiger partial charge on any atom is -0.476 e. The van der Waals surface area contributed by atoms with Crippen molar-refractivity contribution < 1.29 is 27.5 Å². The van der Waals surface area contributed by atoms with E-state index in [4.69, 9.17) is 4.74 Å². The maximum Gasteiger partial charge on any atom is 0.316 e. The molecule has 0 bridgehead atoms. The molecule has 1 aliphatic heterocycles. The summed E-state index contributed by atoms with van der Waals surface area (Å²) in [4.78, 5) is 24.0. The van der Waals surface area contributed by atoms with Crippen LogP contribution in [0.15, 0.2) is 22.5 Å². The largest absolute Gasteiger partial charge is 0.476 e. The van der Waals surface area contributed by atoms with E-state index in [0.29, 0.717) is 15.8 Å². The van der Waals surface area contributed by atoms with Crippen molar-refractivity contribution in [1.82, 2.24) is 10.2 Å². The number of sulfonamides is 1. The van der Waals surface area contributed by atoms with E-state index in [2.05, 4.69) is 20.3 Å². The fourth-order valence-electron chi connectivity index (χ4n) is 2.85. The molecule has 0 radical (unpaired) electrons. The van der Waals surface area contributed by atoms with E-state index in [1.54, 1.807) is 12.1 Å². The van der Waals surface area contributed by atoms with Gasteiger partial charge in [-0.05, 0) is 23.1 Å². The number of thioether (sulfide) groups is 1. The Morgan fingerprint density at radius 2 is 2.06 bits per heavy atom. The van der Waals surface area contributed by atoms with Crippen LogP contribution in [0, 0.1) is 0 Å². The number of hydrogen-bond acceptors (Lipinski definition) is 10. The van der Waals surface area contributed by atoms with Crippen LogP contribution in [0.5, 0.6) is 5.75 Å². The second-order valence-electron chi connectivity index (χ2n) is 8.06. The average Bonchev–Trinajstić information content (AvgIpc) is 3.16. The van der Waals surface area contributed by atoms with Crippen LogP contribution in [0.4, 0.5) is 10.8 Å². The fraction of sp³-hybridized carbons (Fsp3) is 0.474. The van der Waals surface area contributed by atoms with E-state index < -0.39 is 28.0 Å². The first kappa shape index (κ1) is 24.3. The highest BCUT2D eigenvalue weighted by molar-refractivity contribution is 8.01. The molecule has 0 spiro atoms. The molecule has 32 heavy (non-hydrogen) atoms. The molecule has 2 aromatic rings.